The van der Waals surface area contributed by atoms with Gasteiger partial charge in [0, 0.05) is 61.2 Å². The summed E-state index contributed by atoms with van der Waals surface area (Å²) in [5, 5.41) is 8.72. The van der Waals surface area contributed by atoms with Crippen LogP contribution in [0.4, 0.5) is 4.39 Å². The quantitative estimate of drug-likeness (QED) is 0.316. The number of piperidine rings is 1. The number of nitrogens with one attached hydrogen (secondary N) is 1. The standard InChI is InChI=1S/C29H29ClFN5O3/c1-19-24(28(37)32-13-12-31)7-8-26-25(19)18-36(34-26)17-20-10-14-35(15-11-20)29(38)21-2-5-23(6-3-21)39-27-9-4-22(30)16-33-27/h2-9,16,18,20H,10-15,17H2,1H3,(H,32,37). The highest BCUT2D eigenvalue weighted by atomic mass is 35.5. The fourth-order valence-corrected chi connectivity index (χ4v) is 4.96. The number of rotatable bonds is 8. The van der Waals surface area contributed by atoms with E-state index in [4.69, 9.17) is 21.4 Å². The number of ether oxygens (including phenoxy) is 1. The molecule has 1 aliphatic rings. The number of alkyl halides is 1. The van der Waals surface area contributed by atoms with E-state index < -0.39 is 6.67 Å². The van der Waals surface area contributed by atoms with E-state index in [-0.39, 0.29) is 18.4 Å². The van der Waals surface area contributed by atoms with Crippen molar-refractivity contribution in [3.8, 4) is 11.6 Å². The summed E-state index contributed by atoms with van der Waals surface area (Å²) in [6.45, 7) is 3.38. The van der Waals surface area contributed by atoms with Crippen molar-refractivity contribution in [1.82, 2.24) is 25.0 Å². The molecule has 1 saturated heterocycles. The van der Waals surface area contributed by atoms with Crippen molar-refractivity contribution in [2.45, 2.75) is 26.3 Å². The number of likely N-dealkylation sites (tertiary alicyclic amines) is 1. The molecule has 0 atom stereocenters. The number of amides is 2. The van der Waals surface area contributed by atoms with Crippen LogP contribution in [0.3, 0.4) is 0 Å². The van der Waals surface area contributed by atoms with Crippen LogP contribution in [0.1, 0.15) is 39.1 Å². The molecule has 1 fully saturated rings. The number of aromatic nitrogens is 3. The largest absolute Gasteiger partial charge is 0.439 e. The third-order valence-electron chi connectivity index (χ3n) is 7.00. The fraction of sp³-hybridized carbons (Fsp3) is 0.310. The molecule has 10 heteroatoms. The first-order valence-corrected chi connectivity index (χ1v) is 13.3. The van der Waals surface area contributed by atoms with Gasteiger partial charge in [-0.3, -0.25) is 14.3 Å². The summed E-state index contributed by atoms with van der Waals surface area (Å²) in [5.74, 6) is 1.13. The second kappa shape index (κ2) is 11.8. The molecule has 39 heavy (non-hydrogen) atoms. The smallest absolute Gasteiger partial charge is 0.253 e. The molecule has 0 unspecified atom stereocenters. The monoisotopic (exact) mass is 549 g/mol. The third-order valence-corrected chi connectivity index (χ3v) is 7.23. The molecule has 3 heterocycles. The number of carbonyl (C=O) groups is 2. The Morgan fingerprint density at radius 2 is 1.87 bits per heavy atom. The van der Waals surface area contributed by atoms with Gasteiger partial charge in [-0.1, -0.05) is 11.6 Å². The molecule has 8 nitrogen and oxygen atoms in total. The summed E-state index contributed by atoms with van der Waals surface area (Å²) in [6.07, 6.45) is 5.24. The van der Waals surface area contributed by atoms with E-state index in [1.54, 1.807) is 42.5 Å². The van der Waals surface area contributed by atoms with Crippen LogP contribution in [0.15, 0.2) is 60.9 Å². The highest BCUT2D eigenvalue weighted by Gasteiger charge is 2.24. The van der Waals surface area contributed by atoms with Gasteiger partial charge in [0.05, 0.1) is 10.5 Å². The maximum absolute atomic E-state index is 13.1. The number of nitrogens with zero attached hydrogens (tertiary/aromatic N) is 4. The van der Waals surface area contributed by atoms with Crippen LogP contribution < -0.4 is 10.1 Å². The lowest BCUT2D eigenvalue weighted by molar-refractivity contribution is 0.0681. The number of benzene rings is 2. The number of aryl methyl sites for hydroxylation is 1. The van der Waals surface area contributed by atoms with Crippen molar-refractivity contribution in [2.24, 2.45) is 5.92 Å². The molecule has 0 aliphatic carbocycles. The predicted molar refractivity (Wildman–Crippen MR) is 147 cm³/mol. The predicted octanol–water partition coefficient (Wildman–Crippen LogP) is 5.44. The Kier molecular flexibility index (Phi) is 8.07. The van der Waals surface area contributed by atoms with E-state index in [2.05, 4.69) is 10.3 Å². The Morgan fingerprint density at radius 1 is 1.10 bits per heavy atom. The molecule has 0 saturated carbocycles. The van der Waals surface area contributed by atoms with E-state index in [0.29, 0.717) is 46.8 Å². The summed E-state index contributed by atoms with van der Waals surface area (Å²) in [6, 6.07) is 14.0. The van der Waals surface area contributed by atoms with Crippen LogP contribution in [-0.2, 0) is 6.54 Å². The van der Waals surface area contributed by atoms with Crippen LogP contribution in [-0.4, -0.2) is 57.8 Å². The summed E-state index contributed by atoms with van der Waals surface area (Å²) >= 11 is 5.86. The maximum Gasteiger partial charge on any atom is 0.253 e. The Labute approximate surface area is 230 Å². The number of halogens is 2. The second-order valence-electron chi connectivity index (χ2n) is 9.64. The number of carbonyl (C=O) groups excluding carboxylic acids is 2. The first-order valence-electron chi connectivity index (χ1n) is 12.9. The topological polar surface area (TPSA) is 89.4 Å². The Balaban J connectivity index is 1.16. The van der Waals surface area contributed by atoms with Crippen LogP contribution in [0.5, 0.6) is 11.6 Å². The van der Waals surface area contributed by atoms with E-state index in [9.17, 15) is 14.0 Å². The number of hydrogen-bond donors (Lipinski definition) is 1. The molecule has 0 radical (unpaired) electrons. The summed E-state index contributed by atoms with van der Waals surface area (Å²) in [5.41, 5.74) is 2.80. The van der Waals surface area contributed by atoms with Gasteiger partial charge in [-0.15, -0.1) is 0 Å². The van der Waals surface area contributed by atoms with Crippen LogP contribution in [0.25, 0.3) is 10.9 Å². The average Bonchev–Trinajstić information content (AvgIpc) is 3.37. The molecule has 0 spiro atoms. The minimum Gasteiger partial charge on any atom is -0.439 e. The van der Waals surface area contributed by atoms with Gasteiger partial charge in [0.2, 0.25) is 5.88 Å². The van der Waals surface area contributed by atoms with E-state index in [1.165, 1.54) is 6.20 Å². The van der Waals surface area contributed by atoms with Gasteiger partial charge in [-0.25, -0.2) is 9.37 Å². The molecular weight excluding hydrogens is 521 g/mol. The summed E-state index contributed by atoms with van der Waals surface area (Å²) in [4.78, 5) is 31.4. The van der Waals surface area contributed by atoms with Crippen LogP contribution in [0.2, 0.25) is 5.02 Å². The zero-order valence-corrected chi connectivity index (χ0v) is 22.3. The van der Waals surface area contributed by atoms with E-state index >= 15 is 0 Å². The lowest BCUT2D eigenvalue weighted by atomic mass is 9.96. The molecule has 2 amide bonds. The third kappa shape index (κ3) is 6.20. The van der Waals surface area contributed by atoms with Gasteiger partial charge in [-0.05, 0) is 73.7 Å². The first-order chi connectivity index (χ1) is 18.9. The molecule has 2 aromatic heterocycles. The Morgan fingerprint density at radius 3 is 2.56 bits per heavy atom. The van der Waals surface area contributed by atoms with E-state index in [0.717, 1.165) is 35.9 Å². The number of hydrogen-bond acceptors (Lipinski definition) is 5. The SMILES string of the molecule is Cc1c(C(=O)NCCF)ccc2nn(CC3CCN(C(=O)c4ccc(Oc5ccc(Cl)cn5)cc4)CC3)cc12. The highest BCUT2D eigenvalue weighted by Crippen LogP contribution is 2.26. The van der Waals surface area contributed by atoms with Gasteiger partial charge in [0.15, 0.2) is 0 Å². The number of pyridine rings is 1. The van der Waals surface area contributed by atoms with Gasteiger partial charge >= 0.3 is 0 Å². The molecular formula is C29H29ClFN5O3. The minimum absolute atomic E-state index is 0.00145. The van der Waals surface area contributed by atoms with Crippen molar-refractivity contribution >= 4 is 34.3 Å². The van der Waals surface area contributed by atoms with Crippen molar-refractivity contribution < 1.29 is 18.7 Å². The van der Waals surface area contributed by atoms with Crippen LogP contribution >= 0.6 is 11.6 Å². The first kappa shape index (κ1) is 26.6. The van der Waals surface area contributed by atoms with Gasteiger partial charge in [-0.2, -0.15) is 5.10 Å². The van der Waals surface area contributed by atoms with Crippen molar-refractivity contribution in [2.75, 3.05) is 26.3 Å². The summed E-state index contributed by atoms with van der Waals surface area (Å²) in [7, 11) is 0. The van der Waals surface area contributed by atoms with Crippen molar-refractivity contribution in [3.63, 3.8) is 0 Å². The summed E-state index contributed by atoms with van der Waals surface area (Å²) < 4.78 is 20.1. The van der Waals surface area contributed by atoms with Crippen LogP contribution in [0, 0.1) is 12.8 Å². The molecule has 202 valence electrons. The lowest BCUT2D eigenvalue weighted by Crippen LogP contribution is -2.39. The molecule has 4 aromatic rings. The Bertz CT molecular complexity index is 1470. The fourth-order valence-electron chi connectivity index (χ4n) is 4.85. The normalized spacial score (nSPS) is 14.0. The van der Waals surface area contributed by atoms with Gasteiger partial charge in [0.25, 0.3) is 11.8 Å². The molecule has 1 N–H and O–H groups in total. The lowest BCUT2D eigenvalue weighted by Gasteiger charge is -2.32. The second-order valence-corrected chi connectivity index (χ2v) is 10.1. The van der Waals surface area contributed by atoms with E-state index in [1.807, 2.05) is 28.8 Å². The van der Waals surface area contributed by atoms with Gasteiger partial charge in [0.1, 0.15) is 12.4 Å². The molecule has 1 aliphatic heterocycles. The molecule has 5 rings (SSSR count). The molecule has 0 bridgehead atoms. The zero-order valence-electron chi connectivity index (χ0n) is 21.6. The highest BCUT2D eigenvalue weighted by molar-refractivity contribution is 6.30. The zero-order chi connectivity index (χ0) is 27.4. The average molecular weight is 550 g/mol. The molecule has 2 aromatic carbocycles. The Hall–Kier alpha value is -3.98. The number of fused-ring (bicyclic) bond motifs is 1. The maximum atomic E-state index is 13.1. The van der Waals surface area contributed by atoms with Crippen molar-refractivity contribution in [1.29, 1.82) is 0 Å². The minimum atomic E-state index is -0.598. The van der Waals surface area contributed by atoms with Crippen molar-refractivity contribution in [3.05, 3.63) is 82.6 Å². The van der Waals surface area contributed by atoms with Gasteiger partial charge < -0.3 is 15.0 Å².